The Morgan fingerprint density at radius 2 is 2.12 bits per heavy atom. The van der Waals surface area contributed by atoms with Crippen LogP contribution in [0.3, 0.4) is 0 Å². The van der Waals surface area contributed by atoms with Crippen LogP contribution in [0.4, 0.5) is 11.5 Å². The molecule has 0 spiro atoms. The molecule has 3 rings (SSSR count). The molecule has 1 unspecified atom stereocenters. The van der Waals surface area contributed by atoms with Gasteiger partial charge in [0.1, 0.15) is 24.7 Å². The summed E-state index contributed by atoms with van der Waals surface area (Å²) in [4.78, 5) is 18.2. The van der Waals surface area contributed by atoms with Gasteiger partial charge in [-0.25, -0.2) is 9.97 Å². The van der Waals surface area contributed by atoms with Crippen molar-refractivity contribution in [3.8, 4) is 0 Å². The summed E-state index contributed by atoms with van der Waals surface area (Å²) >= 11 is 6.12. The molecular weight excluding hydrogens is 332 g/mol. The van der Waals surface area contributed by atoms with E-state index in [4.69, 9.17) is 11.6 Å². The lowest BCUT2D eigenvalue weighted by atomic mass is 10.1. The van der Waals surface area contributed by atoms with E-state index in [2.05, 4.69) is 20.4 Å². The summed E-state index contributed by atoms with van der Waals surface area (Å²) in [5, 5.41) is 18.3. The number of rotatable bonds is 6. The molecule has 1 N–H and O–H groups in total. The molecule has 0 radical (unpaired) electrons. The van der Waals surface area contributed by atoms with Crippen LogP contribution in [-0.4, -0.2) is 24.7 Å². The molecule has 0 bridgehead atoms. The fourth-order valence-corrected chi connectivity index (χ4v) is 2.45. The molecule has 1 atom stereocenters. The fraction of sp³-hybridized carbons (Fsp3) is 0.133. The van der Waals surface area contributed by atoms with Gasteiger partial charge in [0.2, 0.25) is 0 Å². The second-order valence-corrected chi connectivity index (χ2v) is 5.41. The molecule has 1 aromatic carbocycles. The summed E-state index contributed by atoms with van der Waals surface area (Å²) < 4.78 is 1.68. The first kappa shape index (κ1) is 15.9. The Hall–Kier alpha value is -3.00. The second-order valence-electron chi connectivity index (χ2n) is 5.01. The molecule has 3 aromatic rings. The Morgan fingerprint density at radius 3 is 2.75 bits per heavy atom. The largest absolute Gasteiger partial charge is 0.360 e. The average molecular weight is 345 g/mol. The lowest BCUT2D eigenvalue weighted by Crippen LogP contribution is -2.18. The Kier molecular flexibility index (Phi) is 4.66. The number of nitrogens with one attached hydrogen (secondary N) is 1. The van der Waals surface area contributed by atoms with Crippen molar-refractivity contribution < 1.29 is 4.92 Å². The highest BCUT2D eigenvalue weighted by Crippen LogP contribution is 2.28. The van der Waals surface area contributed by atoms with Crippen molar-refractivity contribution in [2.45, 2.75) is 12.6 Å². The number of aromatic nitrogens is 4. The molecule has 24 heavy (non-hydrogen) atoms. The van der Waals surface area contributed by atoms with E-state index in [1.807, 2.05) is 30.3 Å². The van der Waals surface area contributed by atoms with E-state index < -0.39 is 4.92 Å². The van der Waals surface area contributed by atoms with E-state index in [0.29, 0.717) is 12.4 Å². The Morgan fingerprint density at radius 1 is 1.33 bits per heavy atom. The predicted molar refractivity (Wildman–Crippen MR) is 88.7 cm³/mol. The van der Waals surface area contributed by atoms with Crippen LogP contribution >= 0.6 is 11.6 Å². The minimum absolute atomic E-state index is 0.155. The van der Waals surface area contributed by atoms with Gasteiger partial charge in [-0.3, -0.25) is 14.8 Å². The van der Waals surface area contributed by atoms with Crippen LogP contribution in [0.2, 0.25) is 5.02 Å². The number of hydrogen-bond donors (Lipinski definition) is 1. The van der Waals surface area contributed by atoms with Gasteiger partial charge in [-0.05, 0) is 5.56 Å². The highest BCUT2D eigenvalue weighted by Gasteiger charge is 2.17. The molecule has 8 nitrogen and oxygen atoms in total. The molecule has 0 saturated carbocycles. The van der Waals surface area contributed by atoms with Crippen LogP contribution in [0.5, 0.6) is 0 Å². The molecule has 0 fully saturated rings. The van der Waals surface area contributed by atoms with Crippen LogP contribution in [0.25, 0.3) is 0 Å². The van der Waals surface area contributed by atoms with Crippen LogP contribution in [0, 0.1) is 10.1 Å². The van der Waals surface area contributed by atoms with E-state index in [1.165, 1.54) is 18.6 Å². The topological polar surface area (TPSA) is 98.8 Å². The first-order valence-electron chi connectivity index (χ1n) is 7.07. The third-order valence-corrected chi connectivity index (χ3v) is 3.67. The lowest BCUT2D eigenvalue weighted by Gasteiger charge is -2.20. The molecule has 9 heteroatoms. The van der Waals surface area contributed by atoms with Crippen LogP contribution in [-0.2, 0) is 6.54 Å². The molecule has 122 valence electrons. The van der Waals surface area contributed by atoms with Gasteiger partial charge in [0.25, 0.3) is 5.69 Å². The van der Waals surface area contributed by atoms with Crippen LogP contribution in [0.1, 0.15) is 11.6 Å². The molecule has 2 aromatic heterocycles. The lowest BCUT2D eigenvalue weighted by molar-refractivity contribution is -0.385. The normalized spacial score (nSPS) is 11.9. The fourth-order valence-electron chi connectivity index (χ4n) is 2.23. The Labute approximate surface area is 142 Å². The summed E-state index contributed by atoms with van der Waals surface area (Å²) in [5.74, 6) is 0.372. The summed E-state index contributed by atoms with van der Waals surface area (Å²) in [6, 6.07) is 10.8. The number of nitrogens with zero attached hydrogens (tertiary/aromatic N) is 5. The van der Waals surface area contributed by atoms with Gasteiger partial charge >= 0.3 is 0 Å². The number of anilines is 1. The summed E-state index contributed by atoms with van der Waals surface area (Å²) in [6.07, 6.45) is 4.24. The van der Waals surface area contributed by atoms with Crippen molar-refractivity contribution in [2.24, 2.45) is 0 Å². The highest BCUT2D eigenvalue weighted by molar-refractivity contribution is 6.33. The average Bonchev–Trinajstić information content (AvgIpc) is 3.09. The highest BCUT2D eigenvalue weighted by atomic mass is 35.5. The molecule has 2 heterocycles. The maximum atomic E-state index is 10.8. The summed E-state index contributed by atoms with van der Waals surface area (Å²) in [5.41, 5.74) is 0.849. The first-order chi connectivity index (χ1) is 11.6. The maximum Gasteiger partial charge on any atom is 0.289 e. The standard InChI is InChI=1S/C15H13ClN6O2/c16-13-6-12(22(23)24)7-18-15(13)20-14(8-21-10-17-9-19-21)11-4-2-1-3-5-11/h1-7,9-10,14H,8H2,(H,18,20). The van der Waals surface area contributed by atoms with E-state index >= 15 is 0 Å². The minimum Gasteiger partial charge on any atom is -0.360 e. The van der Waals surface area contributed by atoms with Crippen molar-refractivity contribution in [1.82, 2.24) is 19.7 Å². The number of benzene rings is 1. The zero-order chi connectivity index (χ0) is 16.9. The maximum absolute atomic E-state index is 10.8. The molecule has 0 aliphatic carbocycles. The quantitative estimate of drug-likeness (QED) is 0.545. The van der Waals surface area contributed by atoms with Gasteiger partial charge in [0, 0.05) is 6.07 Å². The van der Waals surface area contributed by atoms with Crippen molar-refractivity contribution in [3.05, 3.63) is 76.0 Å². The van der Waals surface area contributed by atoms with Gasteiger partial charge in [0.05, 0.1) is 22.5 Å². The zero-order valence-corrected chi connectivity index (χ0v) is 13.2. The zero-order valence-electron chi connectivity index (χ0n) is 12.4. The van der Waals surface area contributed by atoms with Crippen molar-refractivity contribution in [2.75, 3.05) is 5.32 Å². The second kappa shape index (κ2) is 7.05. The van der Waals surface area contributed by atoms with E-state index in [0.717, 1.165) is 5.56 Å². The number of hydrogen-bond acceptors (Lipinski definition) is 6. The Balaban J connectivity index is 1.88. The van der Waals surface area contributed by atoms with E-state index in [-0.39, 0.29) is 16.8 Å². The van der Waals surface area contributed by atoms with Crippen molar-refractivity contribution in [3.63, 3.8) is 0 Å². The number of pyridine rings is 1. The van der Waals surface area contributed by atoms with Gasteiger partial charge in [-0.2, -0.15) is 5.10 Å². The molecular formula is C15H13ClN6O2. The molecule has 0 aliphatic rings. The van der Waals surface area contributed by atoms with E-state index in [9.17, 15) is 10.1 Å². The molecule has 0 amide bonds. The van der Waals surface area contributed by atoms with Crippen molar-refractivity contribution >= 4 is 23.1 Å². The van der Waals surface area contributed by atoms with Gasteiger partial charge in [-0.15, -0.1) is 0 Å². The van der Waals surface area contributed by atoms with Gasteiger partial charge in [0.15, 0.2) is 0 Å². The van der Waals surface area contributed by atoms with Gasteiger partial charge in [-0.1, -0.05) is 41.9 Å². The van der Waals surface area contributed by atoms with Crippen LogP contribution < -0.4 is 5.32 Å². The van der Waals surface area contributed by atoms with E-state index in [1.54, 1.807) is 11.0 Å². The predicted octanol–water partition coefficient (Wildman–Crippen LogP) is 3.09. The minimum atomic E-state index is -0.535. The summed E-state index contributed by atoms with van der Waals surface area (Å²) in [6.45, 7) is 0.499. The third-order valence-electron chi connectivity index (χ3n) is 3.39. The first-order valence-corrected chi connectivity index (χ1v) is 7.45. The SMILES string of the molecule is O=[N+]([O-])c1cnc(NC(Cn2cncn2)c2ccccc2)c(Cl)c1. The summed E-state index contributed by atoms with van der Waals surface area (Å²) in [7, 11) is 0. The molecule has 0 saturated heterocycles. The number of nitro groups is 1. The number of halogens is 1. The third kappa shape index (κ3) is 3.66. The monoisotopic (exact) mass is 344 g/mol. The molecule has 0 aliphatic heterocycles. The van der Waals surface area contributed by atoms with Crippen LogP contribution in [0.15, 0.2) is 55.2 Å². The van der Waals surface area contributed by atoms with Gasteiger partial charge < -0.3 is 5.32 Å². The van der Waals surface area contributed by atoms with Crippen molar-refractivity contribution in [1.29, 1.82) is 0 Å². The Bertz CT molecular complexity index is 825. The smallest absolute Gasteiger partial charge is 0.289 e.